The summed E-state index contributed by atoms with van der Waals surface area (Å²) >= 11 is 1.33. The predicted octanol–water partition coefficient (Wildman–Crippen LogP) is 3.83. The molecule has 0 bridgehead atoms. The Labute approximate surface area is 132 Å². The molecular weight excluding hydrogens is 301 g/mol. The number of nitrogens with zero attached hydrogens (tertiary/aromatic N) is 2. The van der Waals surface area contributed by atoms with Crippen LogP contribution in [0.5, 0.6) is 5.75 Å². The Morgan fingerprint density at radius 2 is 2.14 bits per heavy atom. The molecule has 0 heterocycles. The van der Waals surface area contributed by atoms with Gasteiger partial charge in [0.2, 0.25) is 0 Å². The van der Waals surface area contributed by atoms with E-state index in [2.05, 4.69) is 10.3 Å². The molecule has 6 heteroatoms. The summed E-state index contributed by atoms with van der Waals surface area (Å²) in [5, 5.41) is 11.6. The molecule has 0 fully saturated rings. The fraction of sp³-hybridized carbons (Fsp3) is 0.125. The van der Waals surface area contributed by atoms with Gasteiger partial charge in [0.15, 0.2) is 11.4 Å². The molecule has 2 aromatic carbocycles. The first-order valence-corrected chi connectivity index (χ1v) is 7.69. The summed E-state index contributed by atoms with van der Waals surface area (Å²) < 4.78 is 19.1. The van der Waals surface area contributed by atoms with E-state index >= 15 is 0 Å². The number of amidine groups is 1. The van der Waals surface area contributed by atoms with Gasteiger partial charge in [-0.05, 0) is 24.5 Å². The fourth-order valence-corrected chi connectivity index (χ4v) is 2.05. The molecule has 0 unspecified atom stereocenters. The second-order valence-electron chi connectivity index (χ2n) is 4.24. The lowest BCUT2D eigenvalue weighted by atomic mass is 10.2. The highest BCUT2D eigenvalue weighted by Crippen LogP contribution is 2.22. The minimum atomic E-state index is -0.292. The van der Waals surface area contributed by atoms with Crippen LogP contribution >= 0.6 is 11.8 Å². The van der Waals surface area contributed by atoms with Crippen molar-refractivity contribution in [2.45, 2.75) is 6.61 Å². The number of nitriles is 1. The Balaban J connectivity index is 2.09. The van der Waals surface area contributed by atoms with E-state index in [1.165, 1.54) is 17.8 Å². The van der Waals surface area contributed by atoms with Crippen LogP contribution in [0.2, 0.25) is 0 Å². The van der Waals surface area contributed by atoms with E-state index in [9.17, 15) is 4.39 Å². The minimum Gasteiger partial charge on any atom is -0.489 e. The molecule has 2 rings (SSSR count). The zero-order chi connectivity index (χ0) is 15.8. The molecule has 112 valence electrons. The Kier molecular flexibility index (Phi) is 5.81. The van der Waals surface area contributed by atoms with Crippen molar-refractivity contribution in [3.05, 3.63) is 59.9 Å². The molecular formula is C16H14FN3OS. The van der Waals surface area contributed by atoms with Gasteiger partial charge in [0, 0.05) is 11.6 Å². The molecule has 1 N–H and O–H groups in total. The Bertz CT molecular complexity index is 713. The van der Waals surface area contributed by atoms with Gasteiger partial charge < -0.3 is 4.74 Å². The first kappa shape index (κ1) is 15.9. The Hall–Kier alpha value is -2.52. The van der Waals surface area contributed by atoms with E-state index in [1.807, 2.05) is 12.4 Å². The maximum Gasteiger partial charge on any atom is 0.183 e. The van der Waals surface area contributed by atoms with Crippen LogP contribution in [0.1, 0.15) is 5.56 Å². The lowest BCUT2D eigenvalue weighted by molar-refractivity contribution is 0.300. The maximum atomic E-state index is 13.5. The van der Waals surface area contributed by atoms with Crippen LogP contribution in [-0.4, -0.2) is 11.4 Å². The summed E-state index contributed by atoms with van der Waals surface area (Å²) in [6.07, 6.45) is 3.65. The topological polar surface area (TPSA) is 57.4 Å². The van der Waals surface area contributed by atoms with E-state index < -0.39 is 0 Å². The Morgan fingerprint density at radius 1 is 1.32 bits per heavy atom. The molecule has 0 atom stereocenters. The van der Waals surface area contributed by atoms with Gasteiger partial charge in [0.1, 0.15) is 18.2 Å². The van der Waals surface area contributed by atoms with Crippen molar-refractivity contribution in [3.8, 4) is 11.9 Å². The van der Waals surface area contributed by atoms with Crippen LogP contribution in [0, 0.1) is 17.3 Å². The van der Waals surface area contributed by atoms with E-state index in [0.717, 1.165) is 0 Å². The molecule has 2 aromatic rings. The van der Waals surface area contributed by atoms with Crippen molar-refractivity contribution < 1.29 is 9.13 Å². The normalized spacial score (nSPS) is 10.9. The van der Waals surface area contributed by atoms with E-state index in [0.29, 0.717) is 22.2 Å². The highest BCUT2D eigenvalue weighted by Gasteiger charge is 2.03. The van der Waals surface area contributed by atoms with Crippen LogP contribution in [0.15, 0.2) is 53.5 Å². The van der Waals surface area contributed by atoms with Crippen molar-refractivity contribution in [1.82, 2.24) is 5.32 Å². The number of hydrogen-bond acceptors (Lipinski definition) is 4. The number of ether oxygens (including phenoxy) is 1. The van der Waals surface area contributed by atoms with Gasteiger partial charge in [-0.2, -0.15) is 5.26 Å². The second kappa shape index (κ2) is 8.05. The average molecular weight is 315 g/mol. The number of benzene rings is 2. The quantitative estimate of drug-likeness (QED) is 0.403. The molecule has 0 radical (unpaired) electrons. The van der Waals surface area contributed by atoms with E-state index in [-0.39, 0.29) is 12.4 Å². The van der Waals surface area contributed by atoms with Crippen molar-refractivity contribution in [1.29, 1.82) is 5.26 Å². The lowest BCUT2D eigenvalue weighted by Gasteiger charge is -2.08. The molecule has 22 heavy (non-hydrogen) atoms. The third-order valence-corrected chi connectivity index (χ3v) is 3.34. The number of nitrogens with one attached hydrogen (secondary N) is 1. The van der Waals surface area contributed by atoms with Gasteiger partial charge in [0.05, 0.1) is 5.69 Å². The SMILES string of the molecule is CSC(=Nc1cccc(OCc2ccccc2F)c1)NC#N. The molecule has 4 nitrogen and oxygen atoms in total. The van der Waals surface area contributed by atoms with Gasteiger partial charge in [-0.25, -0.2) is 9.38 Å². The molecule has 0 aliphatic heterocycles. The molecule has 0 spiro atoms. The second-order valence-corrected chi connectivity index (χ2v) is 5.03. The molecule has 0 amide bonds. The van der Waals surface area contributed by atoms with E-state index in [1.54, 1.807) is 42.5 Å². The molecule has 0 aromatic heterocycles. The summed E-state index contributed by atoms with van der Waals surface area (Å²) in [5.41, 5.74) is 1.14. The largest absolute Gasteiger partial charge is 0.489 e. The summed E-state index contributed by atoms with van der Waals surface area (Å²) in [6.45, 7) is 0.145. The van der Waals surface area contributed by atoms with Crippen molar-refractivity contribution in [3.63, 3.8) is 0 Å². The minimum absolute atomic E-state index is 0.145. The monoisotopic (exact) mass is 315 g/mol. The highest BCUT2D eigenvalue weighted by molar-refractivity contribution is 8.13. The fourth-order valence-electron chi connectivity index (χ4n) is 1.71. The zero-order valence-electron chi connectivity index (χ0n) is 11.9. The molecule has 0 saturated heterocycles. The van der Waals surface area contributed by atoms with Crippen LogP contribution in [0.4, 0.5) is 10.1 Å². The highest BCUT2D eigenvalue weighted by atomic mass is 32.2. The number of rotatable bonds is 4. The number of thioether (sulfide) groups is 1. The van der Waals surface area contributed by atoms with Crippen molar-refractivity contribution in [2.75, 3.05) is 6.26 Å². The molecule has 0 saturated carbocycles. The van der Waals surface area contributed by atoms with Crippen molar-refractivity contribution >= 4 is 22.6 Å². The predicted molar refractivity (Wildman–Crippen MR) is 86.5 cm³/mol. The number of hydrogen-bond donors (Lipinski definition) is 1. The van der Waals surface area contributed by atoms with Crippen LogP contribution in [-0.2, 0) is 6.61 Å². The van der Waals surface area contributed by atoms with E-state index in [4.69, 9.17) is 10.00 Å². The van der Waals surface area contributed by atoms with Gasteiger partial charge in [-0.15, -0.1) is 0 Å². The van der Waals surface area contributed by atoms with Gasteiger partial charge in [-0.1, -0.05) is 36.0 Å². The van der Waals surface area contributed by atoms with Crippen molar-refractivity contribution in [2.24, 2.45) is 4.99 Å². The summed E-state index contributed by atoms with van der Waals surface area (Å²) in [6, 6.07) is 13.6. The Morgan fingerprint density at radius 3 is 2.86 bits per heavy atom. The zero-order valence-corrected chi connectivity index (χ0v) is 12.7. The third kappa shape index (κ3) is 4.50. The summed E-state index contributed by atoms with van der Waals surface area (Å²) in [4.78, 5) is 4.29. The molecule has 0 aliphatic rings. The van der Waals surface area contributed by atoms with Crippen LogP contribution < -0.4 is 10.1 Å². The summed E-state index contributed by atoms with van der Waals surface area (Å²) in [5.74, 6) is 0.293. The number of halogens is 1. The van der Waals surface area contributed by atoms with Gasteiger partial charge in [0.25, 0.3) is 0 Å². The average Bonchev–Trinajstić information content (AvgIpc) is 2.54. The smallest absolute Gasteiger partial charge is 0.183 e. The standard InChI is InChI=1S/C16H14FN3OS/c1-22-16(19-11-18)20-13-6-4-7-14(9-13)21-10-12-5-2-3-8-15(12)17/h2-9H,10H2,1H3,(H,19,20). The number of aliphatic imine (C=N–C) groups is 1. The lowest BCUT2D eigenvalue weighted by Crippen LogP contribution is -2.12. The maximum absolute atomic E-state index is 13.5. The van der Waals surface area contributed by atoms with Crippen LogP contribution in [0.25, 0.3) is 0 Å². The molecule has 0 aliphatic carbocycles. The van der Waals surface area contributed by atoms with Gasteiger partial charge >= 0.3 is 0 Å². The first-order chi connectivity index (χ1) is 10.7. The third-order valence-electron chi connectivity index (χ3n) is 2.76. The summed E-state index contributed by atoms with van der Waals surface area (Å²) in [7, 11) is 0. The van der Waals surface area contributed by atoms with Crippen LogP contribution in [0.3, 0.4) is 0 Å². The van der Waals surface area contributed by atoms with Gasteiger partial charge in [-0.3, -0.25) is 5.32 Å². The first-order valence-electron chi connectivity index (χ1n) is 6.47.